The molecule has 0 saturated heterocycles. The van der Waals surface area contributed by atoms with Crippen molar-refractivity contribution in [2.24, 2.45) is 14.1 Å². The van der Waals surface area contributed by atoms with E-state index in [9.17, 15) is 0 Å². The van der Waals surface area contributed by atoms with E-state index in [1.165, 1.54) is 54.7 Å². The lowest BCUT2D eigenvalue weighted by molar-refractivity contribution is 1.01. The van der Waals surface area contributed by atoms with Gasteiger partial charge in [0.05, 0.1) is 0 Å². The average Bonchev–Trinajstić information content (AvgIpc) is 3.21. The quantitative estimate of drug-likeness (QED) is 0.311. The molecule has 2 nitrogen and oxygen atoms in total. The van der Waals surface area contributed by atoms with Gasteiger partial charge >= 0.3 is 0 Å². The van der Waals surface area contributed by atoms with Gasteiger partial charge in [0, 0.05) is 57.7 Å². The Balaban J connectivity index is 1.72. The Morgan fingerprint density at radius 3 is 1.93 bits per heavy atom. The number of fused-ring (bicyclic) bond motifs is 6. The van der Waals surface area contributed by atoms with Crippen molar-refractivity contribution in [3.63, 3.8) is 0 Å². The van der Waals surface area contributed by atoms with E-state index >= 15 is 0 Å². The van der Waals surface area contributed by atoms with Crippen LogP contribution in [-0.2, 0) is 14.1 Å². The molecule has 0 aliphatic heterocycles. The highest BCUT2D eigenvalue weighted by Gasteiger charge is 2.14. The molecular formula is C26H20N2. The SMILES string of the molecule is Cn1c2ccccc2c2ccc(-c3cccc4c3c3ccccc3n4C)cc21. The van der Waals surface area contributed by atoms with Crippen molar-refractivity contribution in [2.75, 3.05) is 0 Å². The Labute approximate surface area is 163 Å². The van der Waals surface area contributed by atoms with Crippen LogP contribution in [0.3, 0.4) is 0 Å². The summed E-state index contributed by atoms with van der Waals surface area (Å²) >= 11 is 0. The van der Waals surface area contributed by atoms with Gasteiger partial charge in [0.15, 0.2) is 0 Å². The number of hydrogen-bond acceptors (Lipinski definition) is 0. The van der Waals surface area contributed by atoms with E-state index < -0.39 is 0 Å². The van der Waals surface area contributed by atoms with E-state index in [0.717, 1.165) is 0 Å². The van der Waals surface area contributed by atoms with Crippen LogP contribution >= 0.6 is 0 Å². The molecule has 0 fully saturated rings. The third-order valence-corrected chi connectivity index (χ3v) is 6.16. The maximum Gasteiger partial charge on any atom is 0.0495 e. The maximum atomic E-state index is 2.34. The predicted molar refractivity (Wildman–Crippen MR) is 120 cm³/mol. The van der Waals surface area contributed by atoms with Crippen LogP contribution in [-0.4, -0.2) is 9.13 Å². The van der Waals surface area contributed by atoms with E-state index in [4.69, 9.17) is 0 Å². The van der Waals surface area contributed by atoms with Crippen molar-refractivity contribution in [3.8, 4) is 11.1 Å². The molecule has 0 aliphatic carbocycles. The molecule has 0 spiro atoms. The molecule has 28 heavy (non-hydrogen) atoms. The van der Waals surface area contributed by atoms with E-state index in [1.54, 1.807) is 0 Å². The molecule has 4 aromatic carbocycles. The van der Waals surface area contributed by atoms with Gasteiger partial charge in [0.25, 0.3) is 0 Å². The third kappa shape index (κ3) is 1.92. The second-order valence-corrected chi connectivity index (χ2v) is 7.58. The molecule has 0 N–H and O–H groups in total. The molecule has 0 atom stereocenters. The minimum atomic E-state index is 1.26. The zero-order valence-electron chi connectivity index (χ0n) is 16.0. The van der Waals surface area contributed by atoms with Gasteiger partial charge in [-0.2, -0.15) is 0 Å². The van der Waals surface area contributed by atoms with Gasteiger partial charge < -0.3 is 9.13 Å². The van der Waals surface area contributed by atoms with Crippen molar-refractivity contribution < 1.29 is 0 Å². The minimum Gasteiger partial charge on any atom is -0.344 e. The van der Waals surface area contributed by atoms with Gasteiger partial charge in [-0.15, -0.1) is 0 Å². The summed E-state index contributed by atoms with van der Waals surface area (Å²) in [5.41, 5.74) is 7.65. The maximum absolute atomic E-state index is 2.34. The number of aromatic nitrogens is 2. The van der Waals surface area contributed by atoms with Crippen LogP contribution in [0.5, 0.6) is 0 Å². The summed E-state index contributed by atoms with van der Waals surface area (Å²) in [6.07, 6.45) is 0. The van der Waals surface area contributed by atoms with Crippen LogP contribution in [0, 0.1) is 0 Å². The van der Waals surface area contributed by atoms with Gasteiger partial charge in [-0.25, -0.2) is 0 Å². The van der Waals surface area contributed by atoms with Gasteiger partial charge in [-0.3, -0.25) is 0 Å². The number of hydrogen-bond donors (Lipinski definition) is 0. The Morgan fingerprint density at radius 2 is 1.11 bits per heavy atom. The smallest absolute Gasteiger partial charge is 0.0495 e. The average molecular weight is 360 g/mol. The summed E-state index contributed by atoms with van der Waals surface area (Å²) in [6.45, 7) is 0. The Morgan fingerprint density at radius 1 is 0.500 bits per heavy atom. The summed E-state index contributed by atoms with van der Waals surface area (Å²) in [7, 11) is 4.31. The minimum absolute atomic E-state index is 1.26. The molecule has 0 amide bonds. The molecule has 0 aliphatic rings. The molecule has 6 aromatic rings. The van der Waals surface area contributed by atoms with Crippen LogP contribution in [0.1, 0.15) is 0 Å². The van der Waals surface area contributed by atoms with Gasteiger partial charge in [-0.05, 0) is 35.4 Å². The van der Waals surface area contributed by atoms with Crippen molar-refractivity contribution in [2.45, 2.75) is 0 Å². The first-order valence-electron chi connectivity index (χ1n) is 9.68. The van der Waals surface area contributed by atoms with Crippen molar-refractivity contribution in [3.05, 3.63) is 84.9 Å². The lowest BCUT2D eigenvalue weighted by atomic mass is 9.98. The normalized spacial score (nSPS) is 11.9. The molecule has 6 rings (SSSR count). The van der Waals surface area contributed by atoms with E-state index in [0.29, 0.717) is 0 Å². The molecule has 134 valence electrons. The number of nitrogens with zero attached hydrogens (tertiary/aromatic N) is 2. The highest BCUT2D eigenvalue weighted by atomic mass is 14.9. The second kappa shape index (κ2) is 5.49. The first kappa shape index (κ1) is 15.5. The highest BCUT2D eigenvalue weighted by molar-refractivity contribution is 6.16. The van der Waals surface area contributed by atoms with Crippen molar-refractivity contribution in [1.29, 1.82) is 0 Å². The van der Waals surface area contributed by atoms with Gasteiger partial charge in [0.1, 0.15) is 0 Å². The summed E-state index contributed by atoms with van der Waals surface area (Å²) in [5.74, 6) is 0. The Bertz CT molecular complexity index is 1530. The Kier molecular flexibility index (Phi) is 3.05. The number of para-hydroxylation sites is 2. The zero-order chi connectivity index (χ0) is 18.8. The number of rotatable bonds is 1. The molecule has 2 aromatic heterocycles. The predicted octanol–water partition coefficient (Wildman–Crippen LogP) is 6.64. The standard InChI is InChI=1S/C26H20N2/c1-27-23-12-6-4-9-21(23)26-18(10-7-13-24(26)27)17-14-15-20-19-8-3-5-11-22(19)28(2)25(20)16-17/h3-16H,1-2H3. The van der Waals surface area contributed by atoms with Crippen LogP contribution < -0.4 is 0 Å². The fourth-order valence-corrected chi connectivity index (χ4v) is 4.78. The van der Waals surface area contributed by atoms with E-state index in [1.807, 2.05) is 0 Å². The van der Waals surface area contributed by atoms with Crippen LogP contribution in [0.2, 0.25) is 0 Å². The summed E-state index contributed by atoms with van der Waals surface area (Å²) < 4.78 is 4.60. The fraction of sp³-hybridized carbons (Fsp3) is 0.0769. The number of aryl methyl sites for hydroxylation is 2. The molecule has 0 radical (unpaired) electrons. The zero-order valence-corrected chi connectivity index (χ0v) is 16.0. The lowest BCUT2D eigenvalue weighted by Crippen LogP contribution is -1.88. The van der Waals surface area contributed by atoms with Gasteiger partial charge in [-0.1, -0.05) is 60.7 Å². The highest BCUT2D eigenvalue weighted by Crippen LogP contribution is 2.38. The first-order valence-corrected chi connectivity index (χ1v) is 9.68. The summed E-state index contributed by atoms with van der Waals surface area (Å²) in [4.78, 5) is 0. The Hall–Kier alpha value is -3.52. The molecule has 0 saturated carbocycles. The molecule has 0 bridgehead atoms. The molecule has 2 heteroatoms. The monoisotopic (exact) mass is 360 g/mol. The molecule has 0 unspecified atom stereocenters. The molecule has 2 heterocycles. The summed E-state index contributed by atoms with van der Waals surface area (Å²) in [5, 5.41) is 5.27. The topological polar surface area (TPSA) is 9.86 Å². The van der Waals surface area contributed by atoms with E-state index in [-0.39, 0.29) is 0 Å². The summed E-state index contributed by atoms with van der Waals surface area (Å²) in [6, 6.07) is 30.8. The largest absolute Gasteiger partial charge is 0.344 e. The lowest BCUT2D eigenvalue weighted by Gasteiger charge is -2.07. The van der Waals surface area contributed by atoms with Crippen molar-refractivity contribution in [1.82, 2.24) is 9.13 Å². The van der Waals surface area contributed by atoms with Crippen molar-refractivity contribution >= 4 is 43.6 Å². The fourth-order valence-electron chi connectivity index (χ4n) is 4.78. The van der Waals surface area contributed by atoms with E-state index in [2.05, 4.69) is 108 Å². The van der Waals surface area contributed by atoms with Crippen LogP contribution in [0.4, 0.5) is 0 Å². The van der Waals surface area contributed by atoms with Crippen LogP contribution in [0.15, 0.2) is 84.9 Å². The van der Waals surface area contributed by atoms with Crippen LogP contribution in [0.25, 0.3) is 54.7 Å². The molecular weight excluding hydrogens is 340 g/mol. The first-order chi connectivity index (χ1) is 13.7. The third-order valence-electron chi connectivity index (χ3n) is 6.16. The second-order valence-electron chi connectivity index (χ2n) is 7.58. The van der Waals surface area contributed by atoms with Gasteiger partial charge in [0.2, 0.25) is 0 Å². The number of benzene rings is 4.